The van der Waals surface area contributed by atoms with Crippen LogP contribution in [0.1, 0.15) is 22.3 Å². The van der Waals surface area contributed by atoms with Gasteiger partial charge in [-0.25, -0.2) is 8.42 Å². The standard InChI is InChI=1S/C22H27N3O5S/c1-24(2)22(27)19-5-3-4-6-20(19)23-21(26)12-9-17-7-10-18(11-8-17)31(28,29)25-13-15-30-16-14-25/h3-8,10-11H,9,12-16H2,1-2H3,(H,23,26). The molecular weight excluding hydrogens is 418 g/mol. The van der Waals surface area contributed by atoms with Crippen LogP contribution in [0.4, 0.5) is 5.69 Å². The summed E-state index contributed by atoms with van der Waals surface area (Å²) in [5, 5.41) is 2.79. The summed E-state index contributed by atoms with van der Waals surface area (Å²) in [6, 6.07) is 13.5. The molecule has 0 atom stereocenters. The Morgan fingerprint density at radius 2 is 1.68 bits per heavy atom. The fourth-order valence-corrected chi connectivity index (χ4v) is 4.66. The Morgan fingerprint density at radius 3 is 2.32 bits per heavy atom. The highest BCUT2D eigenvalue weighted by Gasteiger charge is 2.26. The predicted octanol–water partition coefficient (Wildman–Crippen LogP) is 1.98. The first-order valence-corrected chi connectivity index (χ1v) is 11.5. The van der Waals surface area contributed by atoms with Crippen LogP contribution in [0.2, 0.25) is 0 Å². The van der Waals surface area contributed by atoms with Crippen LogP contribution in [0, 0.1) is 0 Å². The number of ether oxygens (including phenoxy) is 1. The molecule has 2 aromatic carbocycles. The molecule has 1 aliphatic rings. The lowest BCUT2D eigenvalue weighted by atomic mass is 10.1. The molecular formula is C22H27N3O5S. The minimum Gasteiger partial charge on any atom is -0.379 e. The van der Waals surface area contributed by atoms with Gasteiger partial charge in [0.1, 0.15) is 0 Å². The number of nitrogens with zero attached hydrogens (tertiary/aromatic N) is 2. The number of para-hydroxylation sites is 1. The van der Waals surface area contributed by atoms with Crippen molar-refractivity contribution < 1.29 is 22.7 Å². The predicted molar refractivity (Wildman–Crippen MR) is 117 cm³/mol. The van der Waals surface area contributed by atoms with Crippen LogP contribution in [-0.4, -0.2) is 69.8 Å². The summed E-state index contributed by atoms with van der Waals surface area (Å²) < 4.78 is 32.0. The van der Waals surface area contributed by atoms with Gasteiger partial charge in [0.2, 0.25) is 15.9 Å². The average Bonchev–Trinajstić information content (AvgIpc) is 2.78. The Bertz CT molecular complexity index is 1030. The summed E-state index contributed by atoms with van der Waals surface area (Å²) in [4.78, 5) is 26.4. The molecule has 166 valence electrons. The molecule has 9 heteroatoms. The number of sulfonamides is 1. The highest BCUT2D eigenvalue weighted by atomic mass is 32.2. The number of carbonyl (C=O) groups excluding carboxylic acids is 2. The Labute approximate surface area is 182 Å². The van der Waals surface area contributed by atoms with Crippen LogP contribution < -0.4 is 5.32 Å². The topological polar surface area (TPSA) is 96.0 Å². The molecule has 31 heavy (non-hydrogen) atoms. The number of anilines is 1. The number of amides is 2. The smallest absolute Gasteiger partial charge is 0.255 e. The highest BCUT2D eigenvalue weighted by molar-refractivity contribution is 7.89. The van der Waals surface area contributed by atoms with Crippen LogP contribution >= 0.6 is 0 Å². The number of nitrogens with one attached hydrogen (secondary N) is 1. The molecule has 1 N–H and O–H groups in total. The van der Waals surface area contributed by atoms with Crippen molar-refractivity contribution in [3.8, 4) is 0 Å². The Morgan fingerprint density at radius 1 is 1.03 bits per heavy atom. The van der Waals surface area contributed by atoms with Crippen molar-refractivity contribution in [1.29, 1.82) is 0 Å². The van der Waals surface area contributed by atoms with Gasteiger partial charge in [0.15, 0.2) is 0 Å². The van der Waals surface area contributed by atoms with Gasteiger partial charge in [0.05, 0.1) is 29.4 Å². The molecule has 0 unspecified atom stereocenters. The third-order valence-corrected chi connectivity index (χ3v) is 6.92. The number of morpholine rings is 1. The first kappa shape index (κ1) is 22.9. The van der Waals surface area contributed by atoms with Crippen molar-refractivity contribution in [2.75, 3.05) is 45.7 Å². The van der Waals surface area contributed by atoms with Crippen molar-refractivity contribution in [1.82, 2.24) is 9.21 Å². The van der Waals surface area contributed by atoms with Gasteiger partial charge in [-0.2, -0.15) is 4.31 Å². The van der Waals surface area contributed by atoms with Gasteiger partial charge in [0.25, 0.3) is 5.91 Å². The fourth-order valence-electron chi connectivity index (χ4n) is 3.25. The maximum atomic E-state index is 12.7. The van der Waals surface area contributed by atoms with E-state index in [9.17, 15) is 18.0 Å². The van der Waals surface area contributed by atoms with E-state index < -0.39 is 10.0 Å². The van der Waals surface area contributed by atoms with E-state index in [4.69, 9.17) is 4.74 Å². The van der Waals surface area contributed by atoms with E-state index in [-0.39, 0.29) is 23.1 Å². The maximum absolute atomic E-state index is 12.7. The Hall–Kier alpha value is -2.75. The van der Waals surface area contributed by atoms with Gasteiger partial charge in [-0.15, -0.1) is 0 Å². The van der Waals surface area contributed by atoms with E-state index in [1.165, 1.54) is 9.21 Å². The highest BCUT2D eigenvalue weighted by Crippen LogP contribution is 2.19. The SMILES string of the molecule is CN(C)C(=O)c1ccccc1NC(=O)CCc1ccc(S(=O)(=O)N2CCOCC2)cc1. The zero-order valence-electron chi connectivity index (χ0n) is 17.7. The molecule has 1 aliphatic heterocycles. The van der Waals surface area contributed by atoms with E-state index in [1.54, 1.807) is 62.6 Å². The summed E-state index contributed by atoms with van der Waals surface area (Å²) in [5.41, 5.74) is 1.76. The van der Waals surface area contributed by atoms with Crippen LogP contribution in [0.5, 0.6) is 0 Å². The number of carbonyl (C=O) groups is 2. The molecule has 0 saturated carbocycles. The summed E-state index contributed by atoms with van der Waals surface area (Å²) in [6.07, 6.45) is 0.660. The van der Waals surface area contributed by atoms with Gasteiger partial charge in [0, 0.05) is 33.6 Å². The van der Waals surface area contributed by atoms with Gasteiger partial charge in [-0.3, -0.25) is 9.59 Å². The van der Waals surface area contributed by atoms with Crippen molar-refractivity contribution >= 4 is 27.5 Å². The molecule has 0 aliphatic carbocycles. The molecule has 0 aromatic heterocycles. The average molecular weight is 446 g/mol. The van der Waals surface area contributed by atoms with Crippen molar-refractivity contribution in [2.45, 2.75) is 17.7 Å². The minimum absolute atomic E-state index is 0.187. The summed E-state index contributed by atoms with van der Waals surface area (Å²) in [5.74, 6) is -0.406. The second kappa shape index (κ2) is 10.0. The van der Waals surface area contributed by atoms with E-state index in [0.29, 0.717) is 44.0 Å². The second-order valence-corrected chi connectivity index (χ2v) is 9.39. The first-order chi connectivity index (χ1) is 14.8. The van der Waals surface area contributed by atoms with Crippen molar-refractivity contribution in [3.05, 3.63) is 59.7 Å². The number of aryl methyl sites for hydroxylation is 1. The summed E-state index contributed by atoms with van der Waals surface area (Å²) >= 11 is 0. The van der Waals surface area contributed by atoms with Crippen LogP contribution in [0.3, 0.4) is 0 Å². The fraction of sp³-hybridized carbons (Fsp3) is 0.364. The van der Waals surface area contributed by atoms with Crippen LogP contribution in [0.15, 0.2) is 53.4 Å². The van der Waals surface area contributed by atoms with Gasteiger partial charge < -0.3 is 15.0 Å². The van der Waals surface area contributed by atoms with Crippen LogP contribution in [0.25, 0.3) is 0 Å². The second-order valence-electron chi connectivity index (χ2n) is 7.45. The van der Waals surface area contributed by atoms with E-state index in [1.807, 2.05) is 0 Å². The number of hydrogen-bond acceptors (Lipinski definition) is 5. The quantitative estimate of drug-likeness (QED) is 0.703. The van der Waals surface area contributed by atoms with Crippen molar-refractivity contribution in [2.24, 2.45) is 0 Å². The summed E-state index contributed by atoms with van der Waals surface area (Å²) in [7, 11) is -0.219. The molecule has 0 radical (unpaired) electrons. The van der Waals surface area contributed by atoms with Crippen molar-refractivity contribution in [3.63, 3.8) is 0 Å². The molecule has 1 heterocycles. The molecule has 0 spiro atoms. The molecule has 3 rings (SSSR count). The zero-order chi connectivity index (χ0) is 22.4. The third kappa shape index (κ3) is 5.69. The third-order valence-electron chi connectivity index (χ3n) is 5.01. The maximum Gasteiger partial charge on any atom is 0.255 e. The Balaban J connectivity index is 1.60. The minimum atomic E-state index is -3.53. The monoisotopic (exact) mass is 445 g/mol. The van der Waals surface area contributed by atoms with E-state index in [0.717, 1.165) is 5.56 Å². The van der Waals surface area contributed by atoms with Gasteiger partial charge in [-0.1, -0.05) is 24.3 Å². The zero-order valence-corrected chi connectivity index (χ0v) is 18.5. The number of hydrogen-bond donors (Lipinski definition) is 1. The number of rotatable bonds is 7. The number of benzene rings is 2. The molecule has 1 fully saturated rings. The molecule has 0 bridgehead atoms. The van der Waals surface area contributed by atoms with E-state index >= 15 is 0 Å². The lowest BCUT2D eigenvalue weighted by Gasteiger charge is -2.26. The van der Waals surface area contributed by atoms with Crippen LogP contribution in [-0.2, 0) is 26.0 Å². The first-order valence-electron chi connectivity index (χ1n) is 10.1. The lowest BCUT2D eigenvalue weighted by molar-refractivity contribution is -0.116. The van der Waals surface area contributed by atoms with Gasteiger partial charge >= 0.3 is 0 Å². The van der Waals surface area contributed by atoms with Gasteiger partial charge in [-0.05, 0) is 36.2 Å². The summed E-state index contributed by atoms with van der Waals surface area (Å²) in [6.45, 7) is 1.50. The largest absolute Gasteiger partial charge is 0.379 e. The molecule has 8 nitrogen and oxygen atoms in total. The lowest BCUT2D eigenvalue weighted by Crippen LogP contribution is -2.40. The molecule has 2 amide bonds. The molecule has 1 saturated heterocycles. The normalized spacial score (nSPS) is 14.8. The Kier molecular flexibility index (Phi) is 7.42. The van der Waals surface area contributed by atoms with E-state index in [2.05, 4.69) is 5.32 Å². The molecule has 2 aromatic rings.